The van der Waals surface area contributed by atoms with Crippen molar-refractivity contribution < 1.29 is 9.53 Å². The zero-order chi connectivity index (χ0) is 18.5. The van der Waals surface area contributed by atoms with E-state index in [0.717, 1.165) is 37.3 Å². The van der Waals surface area contributed by atoms with Gasteiger partial charge in [0.2, 0.25) is 5.91 Å². The Kier molecular flexibility index (Phi) is 6.40. The van der Waals surface area contributed by atoms with Crippen molar-refractivity contribution in [2.24, 2.45) is 5.92 Å². The number of hydrogen-bond acceptors (Lipinski definition) is 5. The number of hydrogen-bond donors (Lipinski definition) is 1. The number of anilines is 1. The van der Waals surface area contributed by atoms with Gasteiger partial charge in [-0.2, -0.15) is 0 Å². The van der Waals surface area contributed by atoms with Crippen LogP contribution in [0.1, 0.15) is 31.7 Å². The summed E-state index contributed by atoms with van der Waals surface area (Å²) in [4.78, 5) is 19.4. The molecule has 1 amide bonds. The van der Waals surface area contributed by atoms with Crippen LogP contribution in [0.5, 0.6) is 0 Å². The highest BCUT2D eigenvalue weighted by Crippen LogP contribution is 2.27. The first-order valence-corrected chi connectivity index (χ1v) is 10.0. The monoisotopic (exact) mass is 373 g/mol. The van der Waals surface area contributed by atoms with Crippen LogP contribution in [0, 0.1) is 5.92 Å². The molecule has 0 radical (unpaired) electrons. The molecule has 1 aliphatic heterocycles. The summed E-state index contributed by atoms with van der Waals surface area (Å²) < 4.78 is 5.11. The zero-order valence-electron chi connectivity index (χ0n) is 15.7. The minimum Gasteiger partial charge on any atom is -0.383 e. The highest BCUT2D eigenvalue weighted by atomic mass is 32.1. The molecule has 3 rings (SSSR count). The lowest BCUT2D eigenvalue weighted by atomic mass is 10.0. The number of rotatable bonds is 7. The smallest absolute Gasteiger partial charge is 0.230 e. The minimum atomic E-state index is 0.0320. The number of thiazole rings is 1. The van der Waals surface area contributed by atoms with E-state index in [4.69, 9.17) is 4.74 Å². The van der Waals surface area contributed by atoms with Gasteiger partial charge in [0.25, 0.3) is 0 Å². The number of carbonyl (C=O) groups excluding carboxylic acids is 1. The molecule has 1 N–H and O–H groups in total. The highest BCUT2D eigenvalue weighted by molar-refractivity contribution is 7.14. The summed E-state index contributed by atoms with van der Waals surface area (Å²) in [6.07, 6.45) is 0.893. The lowest BCUT2D eigenvalue weighted by molar-refractivity contribution is -0.119. The average Bonchev–Trinajstić information content (AvgIpc) is 3.29. The van der Waals surface area contributed by atoms with E-state index in [-0.39, 0.29) is 11.8 Å². The largest absolute Gasteiger partial charge is 0.383 e. The van der Waals surface area contributed by atoms with E-state index in [1.165, 1.54) is 16.9 Å². The lowest BCUT2D eigenvalue weighted by Gasteiger charge is -2.14. The van der Waals surface area contributed by atoms with Crippen LogP contribution in [0.4, 0.5) is 5.13 Å². The molecule has 2 heterocycles. The average molecular weight is 374 g/mol. The van der Waals surface area contributed by atoms with Crippen LogP contribution in [0.15, 0.2) is 29.6 Å². The van der Waals surface area contributed by atoms with Crippen molar-refractivity contribution in [1.82, 2.24) is 9.88 Å². The van der Waals surface area contributed by atoms with Crippen LogP contribution in [0.3, 0.4) is 0 Å². The number of nitrogens with zero attached hydrogens (tertiary/aromatic N) is 2. The molecule has 1 aromatic heterocycles. The van der Waals surface area contributed by atoms with Gasteiger partial charge >= 0.3 is 0 Å². The van der Waals surface area contributed by atoms with E-state index in [2.05, 4.69) is 53.3 Å². The van der Waals surface area contributed by atoms with E-state index >= 15 is 0 Å². The van der Waals surface area contributed by atoms with Gasteiger partial charge in [0, 0.05) is 31.1 Å². The Morgan fingerprint density at radius 3 is 2.85 bits per heavy atom. The molecule has 140 valence electrons. The molecular formula is C20H27N3O2S. The molecule has 1 atom stereocenters. The van der Waals surface area contributed by atoms with Crippen LogP contribution in [0.25, 0.3) is 11.3 Å². The number of methoxy groups -OCH3 is 1. The van der Waals surface area contributed by atoms with Gasteiger partial charge < -0.3 is 15.0 Å². The van der Waals surface area contributed by atoms with Gasteiger partial charge in [0.05, 0.1) is 18.2 Å². The van der Waals surface area contributed by atoms with Crippen LogP contribution in [-0.4, -0.2) is 49.1 Å². The van der Waals surface area contributed by atoms with Crippen LogP contribution in [0.2, 0.25) is 0 Å². The third-order valence-corrected chi connectivity index (χ3v) is 5.62. The number of likely N-dealkylation sites (tertiary alicyclic amines) is 1. The predicted molar refractivity (Wildman–Crippen MR) is 107 cm³/mol. The second-order valence-corrected chi connectivity index (χ2v) is 7.94. The van der Waals surface area contributed by atoms with Gasteiger partial charge in [-0.1, -0.05) is 38.1 Å². The van der Waals surface area contributed by atoms with Crippen molar-refractivity contribution in [2.75, 3.05) is 38.7 Å². The van der Waals surface area contributed by atoms with E-state index in [1.54, 1.807) is 7.11 Å². The standard InChI is InChI=1S/C20H27N3O2S/c1-14(2)15-4-6-16(7-5-15)18-13-26-20(21-18)22-19(24)17-8-9-23(12-17)10-11-25-3/h4-7,13-14,17H,8-12H2,1-3H3,(H,21,22,24). The van der Waals surface area contributed by atoms with Gasteiger partial charge in [-0.25, -0.2) is 4.98 Å². The van der Waals surface area contributed by atoms with Gasteiger partial charge in [0.15, 0.2) is 5.13 Å². The zero-order valence-corrected chi connectivity index (χ0v) is 16.5. The summed E-state index contributed by atoms with van der Waals surface area (Å²) >= 11 is 1.48. The van der Waals surface area contributed by atoms with Crippen molar-refractivity contribution >= 4 is 22.4 Å². The molecular weight excluding hydrogens is 346 g/mol. The first kappa shape index (κ1) is 19.0. The summed E-state index contributed by atoms with van der Waals surface area (Å²) in [5.74, 6) is 0.620. The fourth-order valence-electron chi connectivity index (χ4n) is 3.18. The molecule has 0 spiro atoms. The van der Waals surface area contributed by atoms with Gasteiger partial charge in [-0.3, -0.25) is 4.79 Å². The number of benzene rings is 1. The van der Waals surface area contributed by atoms with Crippen molar-refractivity contribution in [3.05, 3.63) is 35.2 Å². The Hall–Kier alpha value is -1.76. The van der Waals surface area contributed by atoms with E-state index in [9.17, 15) is 4.79 Å². The lowest BCUT2D eigenvalue weighted by Crippen LogP contribution is -2.29. The second kappa shape index (κ2) is 8.75. The third-order valence-electron chi connectivity index (χ3n) is 4.86. The molecule has 1 aliphatic rings. The first-order chi connectivity index (χ1) is 12.6. The maximum absolute atomic E-state index is 12.5. The first-order valence-electron chi connectivity index (χ1n) is 9.15. The number of aromatic nitrogens is 1. The highest BCUT2D eigenvalue weighted by Gasteiger charge is 2.28. The molecule has 0 bridgehead atoms. The summed E-state index contributed by atoms with van der Waals surface area (Å²) in [7, 11) is 1.71. The summed E-state index contributed by atoms with van der Waals surface area (Å²) in [5, 5.41) is 5.66. The molecule has 0 aliphatic carbocycles. The maximum Gasteiger partial charge on any atom is 0.230 e. The topological polar surface area (TPSA) is 54.5 Å². The Labute approximate surface area is 159 Å². The third kappa shape index (κ3) is 4.69. The molecule has 5 nitrogen and oxygen atoms in total. The molecule has 1 saturated heterocycles. The number of amides is 1. The second-order valence-electron chi connectivity index (χ2n) is 7.08. The molecule has 1 aromatic carbocycles. The minimum absolute atomic E-state index is 0.0320. The summed E-state index contributed by atoms with van der Waals surface area (Å²) in [5.41, 5.74) is 3.31. The summed E-state index contributed by atoms with van der Waals surface area (Å²) in [6.45, 7) is 7.71. The SMILES string of the molecule is COCCN1CCC(C(=O)Nc2nc(-c3ccc(C(C)C)cc3)cs2)C1. The van der Waals surface area contributed by atoms with Crippen molar-refractivity contribution in [1.29, 1.82) is 0 Å². The maximum atomic E-state index is 12.5. The predicted octanol–water partition coefficient (Wildman–Crippen LogP) is 3.84. The Morgan fingerprint density at radius 1 is 1.38 bits per heavy atom. The van der Waals surface area contributed by atoms with Crippen LogP contribution in [-0.2, 0) is 9.53 Å². The number of nitrogens with one attached hydrogen (secondary N) is 1. The molecule has 6 heteroatoms. The Bertz CT molecular complexity index is 727. The normalized spacial score (nSPS) is 17.8. The fourth-order valence-corrected chi connectivity index (χ4v) is 3.90. The molecule has 26 heavy (non-hydrogen) atoms. The van der Waals surface area contributed by atoms with Crippen molar-refractivity contribution in [3.8, 4) is 11.3 Å². The van der Waals surface area contributed by atoms with Crippen molar-refractivity contribution in [3.63, 3.8) is 0 Å². The van der Waals surface area contributed by atoms with Gasteiger partial charge in [-0.05, 0) is 24.4 Å². The van der Waals surface area contributed by atoms with E-state index < -0.39 is 0 Å². The van der Waals surface area contributed by atoms with E-state index in [1.807, 2.05) is 5.38 Å². The van der Waals surface area contributed by atoms with E-state index in [0.29, 0.717) is 17.7 Å². The number of ether oxygens (including phenoxy) is 1. The molecule has 1 unspecified atom stereocenters. The number of carbonyl (C=O) groups is 1. The van der Waals surface area contributed by atoms with Crippen molar-refractivity contribution in [2.45, 2.75) is 26.2 Å². The van der Waals surface area contributed by atoms with Gasteiger partial charge in [-0.15, -0.1) is 11.3 Å². The fraction of sp³-hybridized carbons (Fsp3) is 0.500. The Balaban J connectivity index is 1.57. The summed E-state index contributed by atoms with van der Waals surface area (Å²) in [6, 6.07) is 8.48. The Morgan fingerprint density at radius 2 is 2.15 bits per heavy atom. The quantitative estimate of drug-likeness (QED) is 0.801. The molecule has 0 saturated carbocycles. The molecule has 1 fully saturated rings. The van der Waals surface area contributed by atoms with Crippen LogP contribution >= 0.6 is 11.3 Å². The molecule has 2 aromatic rings. The van der Waals surface area contributed by atoms with Gasteiger partial charge in [0.1, 0.15) is 0 Å². The van der Waals surface area contributed by atoms with Crippen LogP contribution < -0.4 is 5.32 Å².